The van der Waals surface area contributed by atoms with E-state index in [4.69, 9.17) is 14.0 Å². The van der Waals surface area contributed by atoms with Gasteiger partial charge < -0.3 is 18.9 Å². The van der Waals surface area contributed by atoms with Crippen molar-refractivity contribution in [3.63, 3.8) is 0 Å². The molecule has 404 valence electrons. The van der Waals surface area contributed by atoms with Gasteiger partial charge in [-0.1, -0.05) is 179 Å². The summed E-state index contributed by atoms with van der Waals surface area (Å²) in [6.07, 6.45) is 57.2. The standard InChI is InChI=1S/C63H105O7P/c1-7-10-12-14-16-18-20-22-24-26-28-30-32-34-36-39-60(64)68-50-54(70-61(65)40-37-35-33-31-29-27-25-23-21-19-17-15-13-11-8-2)51-69-71(66,67)55-45-47-62(5)53(49-55)41-42-56-58-44-43-57(52(4)38-9-3)63(58,6)48-46-59(56)62/h16-27,52-59H,7-15,28-51H2,1-6H3,(H,66,67)/t52-,53?,54-,55?,56?,57-,58?,59?,62+,63-/m1/s1. The minimum Gasteiger partial charge on any atom is -0.462 e. The van der Waals surface area contributed by atoms with Gasteiger partial charge in [-0.3, -0.25) is 14.2 Å². The van der Waals surface area contributed by atoms with Crippen LogP contribution in [0.2, 0.25) is 0 Å². The number of unbranched alkanes of at least 4 members (excludes halogenated alkanes) is 14. The quantitative estimate of drug-likeness (QED) is 0.0289. The Kier molecular flexibility index (Phi) is 29.4. The van der Waals surface area contributed by atoms with Crippen molar-refractivity contribution in [3.05, 3.63) is 72.9 Å². The van der Waals surface area contributed by atoms with E-state index in [2.05, 4.69) is 114 Å². The van der Waals surface area contributed by atoms with Crippen molar-refractivity contribution in [1.29, 1.82) is 0 Å². The lowest BCUT2D eigenvalue weighted by molar-refractivity contribution is -0.161. The molecule has 7 nitrogen and oxygen atoms in total. The molecule has 4 fully saturated rings. The molecule has 0 aromatic carbocycles. The van der Waals surface area contributed by atoms with E-state index in [9.17, 15) is 19.0 Å². The van der Waals surface area contributed by atoms with Gasteiger partial charge in [0.1, 0.15) is 6.61 Å². The molecule has 0 aliphatic heterocycles. The minimum absolute atomic E-state index is 0.182. The molecular weight excluding hydrogens is 900 g/mol. The smallest absolute Gasteiger partial charge is 0.331 e. The van der Waals surface area contributed by atoms with Crippen molar-refractivity contribution >= 4 is 19.5 Å². The molecule has 71 heavy (non-hydrogen) atoms. The highest BCUT2D eigenvalue weighted by Crippen LogP contribution is 2.70. The van der Waals surface area contributed by atoms with E-state index in [1.165, 1.54) is 83.5 Å². The molecule has 0 spiro atoms. The van der Waals surface area contributed by atoms with Crippen LogP contribution in [0.5, 0.6) is 0 Å². The van der Waals surface area contributed by atoms with Crippen LogP contribution in [0.1, 0.15) is 241 Å². The summed E-state index contributed by atoms with van der Waals surface area (Å²) < 4.78 is 31.6. The maximum Gasteiger partial charge on any atom is 0.331 e. The van der Waals surface area contributed by atoms with Gasteiger partial charge in [0.25, 0.3) is 0 Å². The lowest BCUT2D eigenvalue weighted by Crippen LogP contribution is -2.54. The second-order valence-corrected chi connectivity index (χ2v) is 25.2. The van der Waals surface area contributed by atoms with E-state index < -0.39 is 19.4 Å². The van der Waals surface area contributed by atoms with E-state index in [0.717, 1.165) is 107 Å². The van der Waals surface area contributed by atoms with Crippen LogP contribution in [0.3, 0.4) is 0 Å². The first kappa shape index (κ1) is 61.1. The predicted octanol–water partition coefficient (Wildman–Crippen LogP) is 18.3. The Bertz CT molecular complexity index is 1730. The number of rotatable bonds is 36. The third kappa shape index (κ3) is 21.0. The Morgan fingerprint density at radius 1 is 0.592 bits per heavy atom. The van der Waals surface area contributed by atoms with Gasteiger partial charge in [0.15, 0.2) is 6.10 Å². The van der Waals surface area contributed by atoms with Crippen molar-refractivity contribution < 1.29 is 33.0 Å². The van der Waals surface area contributed by atoms with Gasteiger partial charge in [-0.05, 0) is 168 Å². The average Bonchev–Trinajstić information content (AvgIpc) is 3.72. The van der Waals surface area contributed by atoms with E-state index in [1.54, 1.807) is 0 Å². The van der Waals surface area contributed by atoms with Crippen molar-refractivity contribution in [2.24, 2.45) is 46.3 Å². The summed E-state index contributed by atoms with van der Waals surface area (Å²) >= 11 is 0. The maximum atomic E-state index is 14.2. The zero-order valence-corrected chi connectivity index (χ0v) is 47.1. The summed E-state index contributed by atoms with van der Waals surface area (Å²) in [5.74, 6) is 3.60. The lowest BCUT2D eigenvalue weighted by atomic mass is 9.44. The van der Waals surface area contributed by atoms with E-state index in [-0.39, 0.29) is 43.4 Å². The fraction of sp³-hybridized carbons (Fsp3) is 0.778. The average molecular weight is 1010 g/mol. The van der Waals surface area contributed by atoms with Crippen molar-refractivity contribution in [1.82, 2.24) is 0 Å². The van der Waals surface area contributed by atoms with Gasteiger partial charge in [-0.15, -0.1) is 0 Å². The molecule has 8 heteroatoms. The molecule has 4 aliphatic rings. The van der Waals surface area contributed by atoms with E-state index in [1.807, 2.05) is 0 Å². The molecule has 0 aromatic heterocycles. The molecule has 0 bridgehead atoms. The number of ether oxygens (including phenoxy) is 2. The Labute approximate surface area is 435 Å². The first-order chi connectivity index (χ1) is 34.4. The van der Waals surface area contributed by atoms with E-state index >= 15 is 0 Å². The summed E-state index contributed by atoms with van der Waals surface area (Å²) in [6, 6.07) is 0. The molecule has 4 rings (SSSR count). The number of hydrogen-bond donors (Lipinski definition) is 1. The minimum atomic E-state index is -4.05. The fourth-order valence-electron chi connectivity index (χ4n) is 13.8. The summed E-state index contributed by atoms with van der Waals surface area (Å²) in [7, 11) is -4.05. The van der Waals surface area contributed by atoms with Crippen molar-refractivity contribution in [2.75, 3.05) is 13.2 Å². The summed E-state index contributed by atoms with van der Waals surface area (Å²) in [6.45, 7) is 14.0. The second kappa shape index (κ2) is 34.2. The first-order valence-electron chi connectivity index (χ1n) is 29.7. The third-order valence-corrected chi connectivity index (χ3v) is 19.9. The predicted molar refractivity (Wildman–Crippen MR) is 298 cm³/mol. The molecule has 11 atom stereocenters. The van der Waals surface area contributed by atoms with Crippen molar-refractivity contribution in [2.45, 2.75) is 252 Å². The molecule has 0 heterocycles. The van der Waals surface area contributed by atoms with Gasteiger partial charge in [-0.25, -0.2) is 0 Å². The topological polar surface area (TPSA) is 99.1 Å². The summed E-state index contributed by atoms with van der Waals surface area (Å²) in [4.78, 5) is 37.7. The Morgan fingerprint density at radius 3 is 1.68 bits per heavy atom. The van der Waals surface area contributed by atoms with Gasteiger partial charge in [-0.2, -0.15) is 0 Å². The Balaban J connectivity index is 1.23. The second-order valence-electron chi connectivity index (χ2n) is 23.1. The molecular formula is C63H105O7P. The largest absolute Gasteiger partial charge is 0.462 e. The van der Waals surface area contributed by atoms with Crippen LogP contribution < -0.4 is 0 Å². The highest BCUT2D eigenvalue weighted by molar-refractivity contribution is 7.53. The van der Waals surface area contributed by atoms with Crippen LogP contribution in [0, 0.1) is 46.3 Å². The molecule has 6 unspecified atom stereocenters. The van der Waals surface area contributed by atoms with Gasteiger partial charge in [0, 0.05) is 12.8 Å². The van der Waals surface area contributed by atoms with Crippen LogP contribution >= 0.6 is 7.60 Å². The number of hydrogen-bond acceptors (Lipinski definition) is 6. The van der Waals surface area contributed by atoms with Gasteiger partial charge >= 0.3 is 19.5 Å². The lowest BCUT2D eigenvalue weighted by Gasteiger charge is -2.61. The monoisotopic (exact) mass is 1000 g/mol. The summed E-state index contributed by atoms with van der Waals surface area (Å²) in [5, 5.41) is 0. The highest BCUT2D eigenvalue weighted by Gasteiger charge is 2.61. The van der Waals surface area contributed by atoms with Crippen LogP contribution in [-0.4, -0.2) is 41.8 Å². The van der Waals surface area contributed by atoms with Gasteiger partial charge in [0.2, 0.25) is 0 Å². The van der Waals surface area contributed by atoms with Crippen LogP contribution in [0.15, 0.2) is 72.9 Å². The first-order valence-corrected chi connectivity index (χ1v) is 31.3. The molecule has 0 radical (unpaired) electrons. The SMILES string of the molecule is CCCCCC=CC=CC=CCCCCCCC(=O)OC[C@H](COP(=O)(O)C1CC[C@@]2(C)C(CCC3C2CC[C@@]2(C)C3CC[C@@H]2[C@H](C)CCC)C1)OC(=O)CCCCCCC=CC=CC=CCCCCC. The molecule has 4 saturated carbocycles. The normalized spacial score (nSPS) is 28.5. The third-order valence-electron chi connectivity index (χ3n) is 17.9. The number of carbonyl (C=O) groups excluding carboxylic acids is 2. The number of carbonyl (C=O) groups is 2. The molecule has 0 saturated heterocycles. The van der Waals surface area contributed by atoms with Gasteiger partial charge in [0.05, 0.1) is 12.3 Å². The maximum absolute atomic E-state index is 14.2. The van der Waals surface area contributed by atoms with Crippen LogP contribution in [-0.2, 0) is 28.2 Å². The highest BCUT2D eigenvalue weighted by atomic mass is 31.2. The fourth-order valence-corrected chi connectivity index (χ4v) is 15.4. The van der Waals surface area contributed by atoms with E-state index in [0.29, 0.717) is 36.5 Å². The molecule has 4 aliphatic carbocycles. The Hall–Kier alpha value is -2.47. The molecule has 0 amide bonds. The molecule has 1 N–H and O–H groups in total. The zero-order chi connectivity index (χ0) is 51.2. The van der Waals surface area contributed by atoms with Crippen LogP contribution in [0.25, 0.3) is 0 Å². The number of fused-ring (bicyclic) bond motifs is 5. The number of allylic oxidation sites excluding steroid dienone is 12. The zero-order valence-electron chi connectivity index (χ0n) is 46.2. The van der Waals surface area contributed by atoms with Crippen molar-refractivity contribution in [3.8, 4) is 0 Å². The Morgan fingerprint density at radius 2 is 1.11 bits per heavy atom. The number of esters is 2. The summed E-state index contributed by atoms with van der Waals surface area (Å²) in [5.41, 5.74) is 0.214. The van der Waals surface area contributed by atoms with Crippen LogP contribution in [0.4, 0.5) is 0 Å². The molecule has 0 aromatic rings.